The maximum absolute atomic E-state index is 15.1. The number of aliphatic carboxylic acids is 1. The zero-order valence-corrected chi connectivity index (χ0v) is 65.6. The molecule has 29 nitrogen and oxygen atoms in total. The van der Waals surface area contributed by atoms with Crippen LogP contribution < -0.4 is 37.6 Å². The molecule has 0 radical (unpaired) electrons. The molecule has 2 heterocycles. The Morgan fingerprint density at radius 1 is 0.774 bits per heavy atom. The van der Waals surface area contributed by atoms with Crippen molar-refractivity contribution >= 4 is 94.6 Å². The summed E-state index contributed by atoms with van der Waals surface area (Å²) in [6.07, 6.45) is -0.339. The third-order valence-corrected chi connectivity index (χ3v) is 21.9. The van der Waals surface area contributed by atoms with Crippen LogP contribution in [0.25, 0.3) is 0 Å². The molecule has 11 amide bonds. The maximum atomic E-state index is 15.1. The molecule has 2 aromatic carbocycles. The minimum Gasteiger partial charge on any atom is -0.481 e. The number of unbranched alkanes of at least 4 members (excludes halogenated alkanes) is 2. The number of carboxylic acid groups (broad SMARTS) is 1. The van der Waals surface area contributed by atoms with Crippen molar-refractivity contribution in [3.63, 3.8) is 0 Å². The van der Waals surface area contributed by atoms with Gasteiger partial charge in [-0.1, -0.05) is 111 Å². The number of likely N-dealkylation sites (N-methyl/N-ethyl adjacent to an activating group) is 2. The Labute approximate surface area is 628 Å². The summed E-state index contributed by atoms with van der Waals surface area (Å²) in [4.78, 5) is 181. The van der Waals surface area contributed by atoms with Gasteiger partial charge in [-0.15, -0.1) is 11.8 Å². The number of rotatable bonds is 44. The number of carbonyl (C=O) groups is 13. The van der Waals surface area contributed by atoms with Gasteiger partial charge in [0.05, 0.1) is 67.4 Å². The molecule has 1 unspecified atom stereocenters. The molecule has 3 aliphatic rings. The van der Waals surface area contributed by atoms with E-state index in [1.807, 2.05) is 72.4 Å². The van der Waals surface area contributed by atoms with Crippen LogP contribution in [0.3, 0.4) is 0 Å². The molecule has 2 saturated heterocycles. The van der Waals surface area contributed by atoms with Crippen LogP contribution in [0.1, 0.15) is 173 Å². The monoisotopic (exact) mass is 1500 g/mol. The van der Waals surface area contributed by atoms with Gasteiger partial charge in [-0.05, 0) is 119 Å². The van der Waals surface area contributed by atoms with Crippen LogP contribution in [-0.2, 0) is 73.5 Å². The fourth-order valence-corrected chi connectivity index (χ4v) is 15.5. The highest BCUT2D eigenvalue weighted by atomic mass is 32.2. The van der Waals surface area contributed by atoms with Crippen molar-refractivity contribution < 1.29 is 86.4 Å². The third-order valence-electron chi connectivity index (χ3n) is 20.3. The maximum Gasteiger partial charge on any atom is 0.508 e. The first-order valence-electron chi connectivity index (χ1n) is 37.0. The summed E-state index contributed by atoms with van der Waals surface area (Å²) in [5.74, 6) is -6.56. The molecular formula is C76H117N11O18S. The van der Waals surface area contributed by atoms with Gasteiger partial charge in [0.2, 0.25) is 53.2 Å². The van der Waals surface area contributed by atoms with E-state index in [1.54, 1.807) is 77.1 Å². The standard InChI is InChI=1S/C76H117N11O18S/c1-17-47(9)66(85(14)73(99)64(44(4)5)83-71(97)65(45(6)7)84(12)13)57(102-15)36-60(90)87-40-52(35-55(87)67(103-16)49(11)68(94)79-39-56(88)53-29-24-46(8)34-48(53)10)105-75(101)104-41-50-25-27-51(28-26-50)80-69(95)54(22-21-32-78-74(77)100)81-70(96)63(43(2)3)82-59(89)23-19-18-20-33-86-61(91)37-58(72(86)98)106-42-76(30-31-76)38-62(92)93/h24-29,34,43-45,47,49,52,54-55,57-58,63-67H,17-23,30-33,35-42H2,1-16H3,(H,79,94)(H,80,95)(H,81,96)(H,82,89)(H,83,97)(H,92,93)(H3,77,78,100)/t47-,49+,52-,54-,55-,57+,58?,63-,64-,65-,66-,67+/m0/s1. The van der Waals surface area contributed by atoms with Gasteiger partial charge in [0.15, 0.2) is 5.78 Å². The number of ketones is 1. The number of aryl methyl sites for hydroxylation is 2. The minimum atomic E-state index is -1.16. The lowest BCUT2D eigenvalue weighted by molar-refractivity contribution is -0.148. The number of imide groups is 1. The molecule has 30 heteroatoms. The molecule has 3 fully saturated rings. The molecule has 5 rings (SSSR count). The predicted molar refractivity (Wildman–Crippen MR) is 399 cm³/mol. The molecule has 590 valence electrons. The van der Waals surface area contributed by atoms with Crippen LogP contribution in [0.5, 0.6) is 0 Å². The normalized spacial score (nSPS) is 18.7. The molecule has 0 spiro atoms. The van der Waals surface area contributed by atoms with Crippen molar-refractivity contribution in [3.8, 4) is 0 Å². The highest BCUT2D eigenvalue weighted by molar-refractivity contribution is 8.00. The fourth-order valence-electron chi connectivity index (χ4n) is 14.0. The number of nitrogens with one attached hydrogen (secondary N) is 6. The summed E-state index contributed by atoms with van der Waals surface area (Å²) < 4.78 is 23.7. The lowest BCUT2D eigenvalue weighted by Crippen LogP contribution is -2.59. The summed E-state index contributed by atoms with van der Waals surface area (Å²) in [5, 5.41) is 25.3. The van der Waals surface area contributed by atoms with Crippen LogP contribution in [0.4, 0.5) is 15.3 Å². The number of carbonyl (C=O) groups excluding carboxylic acids is 12. The Morgan fingerprint density at radius 2 is 1.44 bits per heavy atom. The predicted octanol–water partition coefficient (Wildman–Crippen LogP) is 6.27. The van der Waals surface area contributed by atoms with E-state index in [4.69, 9.17) is 24.7 Å². The molecule has 12 atom stereocenters. The van der Waals surface area contributed by atoms with Crippen molar-refractivity contribution in [3.05, 3.63) is 64.7 Å². The van der Waals surface area contributed by atoms with Crippen LogP contribution in [0.2, 0.25) is 0 Å². The number of nitrogens with two attached hydrogens (primary N) is 1. The van der Waals surface area contributed by atoms with E-state index in [2.05, 4.69) is 31.9 Å². The number of anilines is 1. The van der Waals surface area contributed by atoms with E-state index >= 15 is 4.79 Å². The zero-order valence-electron chi connectivity index (χ0n) is 64.8. The van der Waals surface area contributed by atoms with Gasteiger partial charge < -0.3 is 71.5 Å². The minimum absolute atomic E-state index is 0.00606. The van der Waals surface area contributed by atoms with Gasteiger partial charge in [0.25, 0.3) is 0 Å². The Balaban J connectivity index is 1.24. The highest BCUT2D eigenvalue weighted by Crippen LogP contribution is 2.52. The van der Waals surface area contributed by atoms with Gasteiger partial charge >= 0.3 is 18.2 Å². The lowest BCUT2D eigenvalue weighted by atomic mass is 9.89. The summed E-state index contributed by atoms with van der Waals surface area (Å²) in [5.41, 5.74) is 7.93. The number of ether oxygens (including phenoxy) is 4. The number of hydrogen-bond donors (Lipinski definition) is 8. The van der Waals surface area contributed by atoms with Gasteiger partial charge in [0.1, 0.15) is 30.8 Å². The van der Waals surface area contributed by atoms with Gasteiger partial charge in [0, 0.05) is 70.6 Å². The molecule has 0 aromatic heterocycles. The average molecular weight is 1500 g/mol. The zero-order chi connectivity index (χ0) is 79.0. The number of thioether (sulfide) groups is 1. The van der Waals surface area contributed by atoms with E-state index < -0.39 is 119 Å². The van der Waals surface area contributed by atoms with Gasteiger partial charge in [-0.2, -0.15) is 0 Å². The Bertz CT molecular complexity index is 3380. The number of nitrogens with zero attached hydrogens (tertiary/aromatic N) is 4. The first-order valence-corrected chi connectivity index (χ1v) is 38.0. The first-order chi connectivity index (χ1) is 50.0. The average Bonchev–Trinajstić information content (AvgIpc) is 1.68. The van der Waals surface area contributed by atoms with Crippen molar-refractivity contribution in [1.29, 1.82) is 0 Å². The third kappa shape index (κ3) is 26.0. The smallest absolute Gasteiger partial charge is 0.481 e. The van der Waals surface area contributed by atoms with Crippen molar-refractivity contribution in [2.24, 2.45) is 40.7 Å². The lowest BCUT2D eigenvalue weighted by Gasteiger charge is -2.41. The number of primary amides is 1. The Kier molecular flexibility index (Phi) is 34.8. The van der Waals surface area contributed by atoms with Crippen LogP contribution >= 0.6 is 11.8 Å². The second-order valence-electron chi connectivity index (χ2n) is 30.0. The number of urea groups is 1. The molecule has 106 heavy (non-hydrogen) atoms. The summed E-state index contributed by atoms with van der Waals surface area (Å²) in [6.45, 7) is 19.8. The molecule has 2 aromatic rings. The number of methoxy groups -OCH3 is 2. The van der Waals surface area contributed by atoms with Crippen molar-refractivity contribution in [2.45, 2.75) is 226 Å². The quantitative estimate of drug-likeness (QED) is 0.0157. The van der Waals surface area contributed by atoms with Crippen molar-refractivity contribution in [1.82, 2.24) is 46.2 Å². The van der Waals surface area contributed by atoms with Crippen LogP contribution in [0.15, 0.2) is 42.5 Å². The largest absolute Gasteiger partial charge is 0.508 e. The number of carboxylic acids is 1. The topological polar surface area (TPSA) is 390 Å². The fraction of sp³-hybridized carbons (Fsp3) is 0.671. The second-order valence-corrected chi connectivity index (χ2v) is 31.2. The van der Waals surface area contributed by atoms with E-state index in [0.29, 0.717) is 48.3 Å². The van der Waals surface area contributed by atoms with E-state index in [9.17, 15) is 62.6 Å². The van der Waals surface area contributed by atoms with Crippen LogP contribution in [-0.4, -0.2) is 229 Å². The summed E-state index contributed by atoms with van der Waals surface area (Å²) in [7, 11) is 8.10. The molecule has 1 aliphatic carbocycles. The first kappa shape index (κ1) is 88.4. The number of hydrogen-bond acceptors (Lipinski definition) is 19. The number of benzene rings is 2. The Hall–Kier alpha value is -8.22. The van der Waals surface area contributed by atoms with Gasteiger partial charge in [-0.25, -0.2) is 9.59 Å². The van der Waals surface area contributed by atoms with E-state index in [1.165, 1.54) is 35.8 Å². The van der Waals surface area contributed by atoms with E-state index in [0.717, 1.165) is 24.0 Å². The summed E-state index contributed by atoms with van der Waals surface area (Å²) >= 11 is 1.34. The molecule has 2 aliphatic heterocycles. The number of likely N-dealkylation sites (tertiary alicyclic amines) is 2. The number of amides is 11. The van der Waals surface area contributed by atoms with E-state index in [-0.39, 0.29) is 130 Å². The Morgan fingerprint density at radius 3 is 2.02 bits per heavy atom. The second kappa shape index (κ2) is 41.8. The molecule has 9 N–H and O–H groups in total. The highest BCUT2D eigenvalue weighted by Gasteiger charge is 2.49. The molecule has 0 bridgehead atoms. The van der Waals surface area contributed by atoms with Crippen LogP contribution in [0, 0.1) is 48.9 Å². The molecule has 1 saturated carbocycles. The summed E-state index contributed by atoms with van der Waals surface area (Å²) in [6, 6.07) is 5.69. The van der Waals surface area contributed by atoms with Crippen molar-refractivity contribution in [2.75, 3.05) is 72.6 Å². The number of Topliss-reactive ketones (excluding diaryl/α,β-unsaturated/α-hetero) is 1. The molecular weight excluding hydrogens is 1390 g/mol. The SMILES string of the molecule is CC[C@H](C)[C@@H]([C@@H](CC(=O)N1C[C@@H](OC(=O)OCc2ccc(NC(=O)[C@H](CCCNC(N)=O)NC(=O)[C@@H](NC(=O)CCCCCN3C(=O)CC(SCC4(CC(=O)O)CC4)C3=O)C(C)C)cc2)C[C@H]1[C@H](OC)[C@@H](C)C(=O)NCC(=O)c1ccc(C)cc1C)OC)N(C)C(=O)[C@@H](NC(=O)[C@H](C(C)C)N(C)C)C(C)C. The van der Waals surface area contributed by atoms with Gasteiger partial charge in [-0.3, -0.25) is 62.5 Å².